The Morgan fingerprint density at radius 3 is 2.41 bits per heavy atom. The molecule has 0 amide bonds. The number of aromatic amines is 1. The fraction of sp³-hybridized carbons (Fsp3) is 0.286. The highest BCUT2D eigenvalue weighted by molar-refractivity contribution is 7.84. The van der Waals surface area contributed by atoms with Gasteiger partial charge < -0.3 is 10.00 Å². The first-order chi connectivity index (χ1) is 10.3. The second-order valence-corrected chi connectivity index (χ2v) is 6.73. The molecule has 22 heavy (non-hydrogen) atoms. The topological polar surface area (TPSA) is 75.2 Å². The predicted molar refractivity (Wildman–Crippen MR) is 87.6 cm³/mol. The number of rotatable bonds is 4. The molecule has 0 aliphatic carbocycles. The number of benzene rings is 1. The molecule has 1 N–H and O–H groups in total. The highest BCUT2D eigenvalue weighted by Crippen LogP contribution is 2.34. The second-order valence-electron chi connectivity index (χ2n) is 5.00. The number of nitrogens with zero attached hydrogens (tertiary/aromatic N) is 2. The van der Waals surface area contributed by atoms with Gasteiger partial charge in [0, 0.05) is 39.2 Å². The molecule has 0 bridgehead atoms. The number of nitrogens with one attached hydrogen (secondary N) is 1. The Morgan fingerprint density at radius 1 is 1.32 bits per heavy atom. The van der Waals surface area contributed by atoms with E-state index >= 15 is 0 Å². The number of hydrogen-bond donors (Lipinski definition) is 1. The first-order valence-corrected chi connectivity index (χ1v) is 8.31. The lowest BCUT2D eigenvalue weighted by Crippen LogP contribution is -2.20. The quantitative estimate of drug-likeness (QED) is 0.853. The van der Waals surface area contributed by atoms with Gasteiger partial charge in [0.15, 0.2) is 0 Å². The van der Waals surface area contributed by atoms with Gasteiger partial charge in [0.05, 0.1) is 26.4 Å². The van der Waals surface area contributed by atoms with E-state index in [9.17, 15) is 13.8 Å². The van der Waals surface area contributed by atoms with Crippen LogP contribution in [0.4, 0.5) is 5.69 Å². The van der Waals surface area contributed by atoms with Crippen molar-refractivity contribution in [3.05, 3.63) is 44.8 Å². The average molecular weight is 342 g/mol. The standard InChI is InChI=1S/C14H16ClN3O3S/c1-17(2)12-10(22(4)21)6-5-8(11(12)15)13(19)9-7-16-18(3)14(9)20/h5-7,16H,1-4H3. The van der Waals surface area contributed by atoms with Gasteiger partial charge in [-0.05, 0) is 12.1 Å². The van der Waals surface area contributed by atoms with Crippen molar-refractivity contribution in [3.8, 4) is 0 Å². The lowest BCUT2D eigenvalue weighted by molar-refractivity contribution is 0.103. The summed E-state index contributed by atoms with van der Waals surface area (Å²) in [6, 6.07) is 3.10. The van der Waals surface area contributed by atoms with Crippen LogP contribution in [0.5, 0.6) is 0 Å². The van der Waals surface area contributed by atoms with Crippen molar-refractivity contribution in [2.24, 2.45) is 7.05 Å². The summed E-state index contributed by atoms with van der Waals surface area (Å²) in [7, 11) is 3.78. The van der Waals surface area contributed by atoms with Gasteiger partial charge in [0.25, 0.3) is 5.56 Å². The molecular weight excluding hydrogens is 326 g/mol. The van der Waals surface area contributed by atoms with Crippen molar-refractivity contribution in [1.82, 2.24) is 9.78 Å². The summed E-state index contributed by atoms with van der Waals surface area (Å²) in [5, 5.41) is 2.84. The monoisotopic (exact) mass is 341 g/mol. The number of ketones is 1. The first-order valence-electron chi connectivity index (χ1n) is 6.38. The zero-order chi connectivity index (χ0) is 16.6. The van der Waals surface area contributed by atoms with Crippen molar-refractivity contribution in [3.63, 3.8) is 0 Å². The lowest BCUT2D eigenvalue weighted by Gasteiger charge is -2.19. The third-order valence-electron chi connectivity index (χ3n) is 3.26. The minimum Gasteiger partial charge on any atom is -0.375 e. The van der Waals surface area contributed by atoms with Crippen molar-refractivity contribution in [1.29, 1.82) is 0 Å². The second kappa shape index (κ2) is 6.10. The van der Waals surface area contributed by atoms with Crippen LogP contribution in [0, 0.1) is 0 Å². The Morgan fingerprint density at radius 2 is 1.95 bits per heavy atom. The largest absolute Gasteiger partial charge is 0.375 e. The summed E-state index contributed by atoms with van der Waals surface area (Å²) in [5.74, 6) is -0.469. The van der Waals surface area contributed by atoms with Gasteiger partial charge >= 0.3 is 0 Å². The molecule has 0 radical (unpaired) electrons. The molecule has 1 unspecified atom stereocenters. The Balaban J connectivity index is 2.65. The highest BCUT2D eigenvalue weighted by Gasteiger charge is 2.23. The molecule has 118 valence electrons. The van der Waals surface area contributed by atoms with Gasteiger partial charge in [0.2, 0.25) is 5.78 Å². The van der Waals surface area contributed by atoms with Crippen molar-refractivity contribution >= 4 is 33.9 Å². The number of hydrogen-bond acceptors (Lipinski definition) is 4. The van der Waals surface area contributed by atoms with Crippen LogP contribution < -0.4 is 10.5 Å². The van der Waals surface area contributed by atoms with Gasteiger partial charge in [-0.1, -0.05) is 11.6 Å². The maximum Gasteiger partial charge on any atom is 0.277 e. The van der Waals surface area contributed by atoms with Crippen molar-refractivity contribution < 1.29 is 9.00 Å². The number of halogens is 1. The molecule has 0 aliphatic rings. The van der Waals surface area contributed by atoms with Crippen LogP contribution in [-0.2, 0) is 17.8 Å². The van der Waals surface area contributed by atoms with E-state index in [0.717, 1.165) is 0 Å². The average Bonchev–Trinajstić information content (AvgIpc) is 2.77. The lowest BCUT2D eigenvalue weighted by atomic mass is 10.1. The van der Waals surface area contributed by atoms with Gasteiger partial charge in [0.1, 0.15) is 5.56 Å². The third-order valence-corrected chi connectivity index (χ3v) is 4.59. The zero-order valence-corrected chi connectivity index (χ0v) is 14.2. The van der Waals surface area contributed by atoms with Gasteiger partial charge in [-0.25, -0.2) is 0 Å². The molecule has 0 aliphatic heterocycles. The number of carbonyl (C=O) groups excluding carboxylic acids is 1. The summed E-state index contributed by atoms with van der Waals surface area (Å²) in [6.07, 6.45) is 2.89. The van der Waals surface area contributed by atoms with Gasteiger partial charge in [-0.15, -0.1) is 0 Å². The Hall–Kier alpha value is -1.86. The summed E-state index contributed by atoms with van der Waals surface area (Å²) >= 11 is 6.34. The van der Waals surface area contributed by atoms with Gasteiger partial charge in [-0.2, -0.15) is 0 Å². The molecule has 0 saturated heterocycles. The fourth-order valence-electron chi connectivity index (χ4n) is 2.14. The maximum atomic E-state index is 12.5. The highest BCUT2D eigenvalue weighted by atomic mass is 35.5. The van der Waals surface area contributed by atoms with Crippen LogP contribution in [0.3, 0.4) is 0 Å². The normalized spacial score (nSPS) is 12.2. The molecule has 0 spiro atoms. The molecule has 2 aromatic rings. The number of anilines is 1. The Labute approximate surface area is 135 Å². The minimum atomic E-state index is -1.25. The maximum absolute atomic E-state index is 12.5. The van der Waals surface area contributed by atoms with Crippen LogP contribution in [0.2, 0.25) is 5.02 Å². The SMILES string of the molecule is CN(C)c1c(S(C)=O)ccc(C(=O)c2c[nH]n(C)c2=O)c1Cl. The molecule has 1 aromatic carbocycles. The molecule has 1 atom stereocenters. The molecule has 0 saturated carbocycles. The Bertz CT molecular complexity index is 823. The molecule has 0 fully saturated rings. The number of aromatic nitrogens is 2. The number of carbonyl (C=O) groups is 1. The summed E-state index contributed by atoms with van der Waals surface area (Å²) < 4.78 is 13.0. The minimum absolute atomic E-state index is 0.0134. The molecular formula is C14H16ClN3O3S. The first kappa shape index (κ1) is 16.5. The summed E-state index contributed by atoms with van der Waals surface area (Å²) in [4.78, 5) is 26.7. The van der Waals surface area contributed by atoms with Gasteiger partial charge in [-0.3, -0.25) is 18.5 Å². The van der Waals surface area contributed by atoms with E-state index in [1.165, 1.54) is 24.0 Å². The van der Waals surface area contributed by atoms with Crippen LogP contribution >= 0.6 is 11.6 Å². The number of aryl methyl sites for hydroxylation is 1. The molecule has 2 rings (SSSR count). The molecule has 1 heterocycles. The van der Waals surface area contributed by atoms with E-state index in [-0.39, 0.29) is 16.1 Å². The molecule has 6 nitrogen and oxygen atoms in total. The fourth-order valence-corrected chi connectivity index (χ4v) is 3.43. The van der Waals surface area contributed by atoms with E-state index in [0.29, 0.717) is 10.6 Å². The van der Waals surface area contributed by atoms with E-state index in [4.69, 9.17) is 11.6 Å². The van der Waals surface area contributed by atoms with Crippen LogP contribution in [0.1, 0.15) is 15.9 Å². The van der Waals surface area contributed by atoms with E-state index < -0.39 is 22.1 Å². The predicted octanol–water partition coefficient (Wildman–Crippen LogP) is 1.40. The van der Waals surface area contributed by atoms with Crippen LogP contribution in [-0.4, -0.2) is 40.1 Å². The number of H-pyrrole nitrogens is 1. The van der Waals surface area contributed by atoms with Crippen LogP contribution in [0.25, 0.3) is 0 Å². The van der Waals surface area contributed by atoms with Crippen molar-refractivity contribution in [2.75, 3.05) is 25.3 Å². The van der Waals surface area contributed by atoms with E-state index in [2.05, 4.69) is 5.10 Å². The third kappa shape index (κ3) is 2.74. The summed E-state index contributed by atoms with van der Waals surface area (Å²) in [6.45, 7) is 0. The van der Waals surface area contributed by atoms with Crippen molar-refractivity contribution in [2.45, 2.75) is 4.90 Å². The summed E-state index contributed by atoms with van der Waals surface area (Å²) in [5.41, 5.74) is 0.312. The van der Waals surface area contributed by atoms with E-state index in [1.807, 2.05) is 0 Å². The zero-order valence-electron chi connectivity index (χ0n) is 12.6. The Kier molecular flexibility index (Phi) is 4.58. The van der Waals surface area contributed by atoms with Crippen LogP contribution in [0.15, 0.2) is 28.0 Å². The smallest absolute Gasteiger partial charge is 0.277 e. The molecule has 1 aromatic heterocycles. The molecule has 8 heteroatoms. The van der Waals surface area contributed by atoms with E-state index in [1.54, 1.807) is 31.3 Å².